The zero-order chi connectivity index (χ0) is 15.3. The van der Waals surface area contributed by atoms with Gasteiger partial charge >= 0.3 is 0 Å². The predicted molar refractivity (Wildman–Crippen MR) is 83.1 cm³/mol. The second-order valence-electron chi connectivity index (χ2n) is 6.39. The van der Waals surface area contributed by atoms with Gasteiger partial charge < -0.3 is 9.84 Å². The number of aromatic hydroxyl groups is 1. The number of phenols is 1. The fourth-order valence-corrected chi connectivity index (χ4v) is 3.77. The Hall–Kier alpha value is -2.29. The summed E-state index contributed by atoms with van der Waals surface area (Å²) in [5, 5.41) is 9.75. The summed E-state index contributed by atoms with van der Waals surface area (Å²) in [6.07, 6.45) is 1.01. The summed E-state index contributed by atoms with van der Waals surface area (Å²) in [6, 6.07) is 13.5. The quantitative estimate of drug-likeness (QED) is 0.867. The number of aryl methyl sites for hydroxylation is 1. The number of hydrogen-bond acceptors (Lipinski definition) is 3. The van der Waals surface area contributed by atoms with Crippen molar-refractivity contribution in [1.29, 1.82) is 0 Å². The van der Waals surface area contributed by atoms with Gasteiger partial charge in [-0.3, -0.25) is 4.79 Å². The van der Waals surface area contributed by atoms with Crippen molar-refractivity contribution in [2.24, 2.45) is 5.92 Å². The van der Waals surface area contributed by atoms with Crippen molar-refractivity contribution >= 4 is 5.78 Å². The molecular weight excluding hydrogens is 276 g/mol. The molecule has 0 unspecified atom stereocenters. The van der Waals surface area contributed by atoms with Crippen molar-refractivity contribution in [2.75, 3.05) is 0 Å². The average Bonchev–Trinajstić information content (AvgIpc) is 2.89. The van der Waals surface area contributed by atoms with Crippen molar-refractivity contribution in [3.8, 4) is 11.5 Å². The zero-order valence-electron chi connectivity index (χ0n) is 12.5. The highest BCUT2D eigenvalue weighted by Gasteiger charge is 2.45. The van der Waals surface area contributed by atoms with E-state index in [1.54, 1.807) is 12.1 Å². The number of Topliss-reactive ketones (excluding diaryl/α,β-unsaturated/α-hetero) is 1. The van der Waals surface area contributed by atoms with Gasteiger partial charge in [-0.05, 0) is 30.7 Å². The van der Waals surface area contributed by atoms with Gasteiger partial charge in [-0.25, -0.2) is 0 Å². The molecule has 0 aromatic heterocycles. The summed E-state index contributed by atoms with van der Waals surface area (Å²) in [4.78, 5) is 12.0. The van der Waals surface area contributed by atoms with Gasteiger partial charge in [0, 0.05) is 30.2 Å². The van der Waals surface area contributed by atoms with Crippen LogP contribution in [0.1, 0.15) is 41.6 Å². The van der Waals surface area contributed by atoms with Crippen LogP contribution in [0, 0.1) is 12.8 Å². The number of carbonyl (C=O) groups is 1. The highest BCUT2D eigenvalue weighted by molar-refractivity contribution is 5.83. The van der Waals surface area contributed by atoms with E-state index in [0.717, 1.165) is 16.9 Å². The molecule has 4 rings (SSSR count). The lowest BCUT2D eigenvalue weighted by Crippen LogP contribution is -2.26. The third-order valence-corrected chi connectivity index (χ3v) is 4.87. The summed E-state index contributed by atoms with van der Waals surface area (Å²) < 4.78 is 6.21. The number of benzene rings is 2. The Morgan fingerprint density at radius 1 is 1.09 bits per heavy atom. The first-order valence-electron chi connectivity index (χ1n) is 7.69. The number of ether oxygens (including phenoxy) is 1. The molecule has 0 saturated heterocycles. The number of carbonyl (C=O) groups excluding carboxylic acids is 1. The highest BCUT2D eigenvalue weighted by atomic mass is 16.5. The molecule has 2 aromatic carbocycles. The fraction of sp³-hybridized carbons (Fsp3) is 0.316. The van der Waals surface area contributed by atoms with Gasteiger partial charge in [0.1, 0.15) is 23.4 Å². The Kier molecular flexibility index (Phi) is 2.96. The van der Waals surface area contributed by atoms with Crippen molar-refractivity contribution in [2.45, 2.75) is 31.8 Å². The minimum Gasteiger partial charge on any atom is -0.508 e. The molecule has 1 fully saturated rings. The number of hydrogen-bond donors (Lipinski definition) is 1. The standard InChI is InChI=1S/C19H18O3/c1-11-2-4-12(5-3-11)19-17-10-14(21)9-15(17)16-8-13(20)6-7-18(16)22-19/h2-8,15,17,19-20H,9-10H2,1H3/t15-,17-,19-/m1/s1. The van der Waals surface area contributed by atoms with Gasteiger partial charge in [0.2, 0.25) is 0 Å². The van der Waals surface area contributed by atoms with Crippen LogP contribution in [0.25, 0.3) is 0 Å². The first kappa shape index (κ1) is 13.4. The maximum atomic E-state index is 12.0. The number of fused-ring (bicyclic) bond motifs is 3. The van der Waals surface area contributed by atoms with E-state index < -0.39 is 0 Å². The SMILES string of the molecule is Cc1ccc([C@H]2Oc3ccc(O)cc3[C@H]3CC(=O)C[C@H]32)cc1. The van der Waals surface area contributed by atoms with Crippen molar-refractivity contribution in [3.63, 3.8) is 0 Å². The van der Waals surface area contributed by atoms with Gasteiger partial charge in [-0.1, -0.05) is 29.8 Å². The molecule has 1 aliphatic carbocycles. The Labute approximate surface area is 129 Å². The normalized spacial score (nSPS) is 26.2. The number of ketones is 1. The molecule has 22 heavy (non-hydrogen) atoms. The van der Waals surface area contributed by atoms with Crippen molar-refractivity contribution in [1.82, 2.24) is 0 Å². The van der Waals surface area contributed by atoms with Gasteiger partial charge in [0.25, 0.3) is 0 Å². The minimum absolute atomic E-state index is 0.0888. The molecule has 0 bridgehead atoms. The lowest BCUT2D eigenvalue weighted by molar-refractivity contribution is -0.117. The largest absolute Gasteiger partial charge is 0.508 e. The Morgan fingerprint density at radius 2 is 1.86 bits per heavy atom. The third-order valence-electron chi connectivity index (χ3n) is 4.87. The summed E-state index contributed by atoms with van der Waals surface area (Å²) in [5.41, 5.74) is 3.30. The van der Waals surface area contributed by atoms with Gasteiger partial charge in [-0.2, -0.15) is 0 Å². The molecule has 3 nitrogen and oxygen atoms in total. The molecule has 1 N–H and O–H groups in total. The van der Waals surface area contributed by atoms with Crippen molar-refractivity contribution < 1.29 is 14.6 Å². The topological polar surface area (TPSA) is 46.5 Å². The molecule has 2 aliphatic rings. The second-order valence-corrected chi connectivity index (χ2v) is 6.39. The lowest BCUT2D eigenvalue weighted by atomic mass is 9.80. The lowest BCUT2D eigenvalue weighted by Gasteiger charge is -2.36. The maximum absolute atomic E-state index is 12.0. The monoisotopic (exact) mass is 294 g/mol. The zero-order valence-corrected chi connectivity index (χ0v) is 12.5. The van der Waals surface area contributed by atoms with E-state index in [2.05, 4.69) is 31.2 Å². The molecular formula is C19H18O3. The van der Waals surface area contributed by atoms with Crippen LogP contribution in [-0.2, 0) is 4.79 Å². The predicted octanol–water partition coefficient (Wildman–Crippen LogP) is 3.90. The number of rotatable bonds is 1. The summed E-state index contributed by atoms with van der Waals surface area (Å²) >= 11 is 0. The molecule has 1 aliphatic heterocycles. The maximum Gasteiger partial charge on any atom is 0.133 e. The molecule has 0 radical (unpaired) electrons. The van der Waals surface area contributed by atoms with Gasteiger partial charge in [0.05, 0.1) is 0 Å². The molecule has 3 atom stereocenters. The van der Waals surface area contributed by atoms with Gasteiger partial charge in [0.15, 0.2) is 0 Å². The van der Waals surface area contributed by atoms with E-state index in [1.165, 1.54) is 5.56 Å². The van der Waals surface area contributed by atoms with E-state index in [4.69, 9.17) is 4.74 Å². The molecule has 112 valence electrons. The summed E-state index contributed by atoms with van der Waals surface area (Å²) in [6.45, 7) is 2.06. The van der Waals surface area contributed by atoms with E-state index in [1.807, 2.05) is 6.07 Å². The van der Waals surface area contributed by atoms with E-state index in [9.17, 15) is 9.90 Å². The van der Waals surface area contributed by atoms with Crippen LogP contribution >= 0.6 is 0 Å². The van der Waals surface area contributed by atoms with E-state index in [-0.39, 0.29) is 29.5 Å². The Bertz CT molecular complexity index is 733. The molecule has 2 aromatic rings. The first-order chi connectivity index (χ1) is 10.6. The smallest absolute Gasteiger partial charge is 0.133 e. The highest BCUT2D eigenvalue weighted by Crippen LogP contribution is 2.53. The minimum atomic E-state index is -0.0888. The fourth-order valence-electron chi connectivity index (χ4n) is 3.77. The molecule has 3 heteroatoms. The Balaban J connectivity index is 1.79. The van der Waals surface area contributed by atoms with Gasteiger partial charge in [-0.15, -0.1) is 0 Å². The van der Waals surface area contributed by atoms with Crippen LogP contribution in [0.2, 0.25) is 0 Å². The van der Waals surface area contributed by atoms with Crippen LogP contribution in [0.4, 0.5) is 0 Å². The van der Waals surface area contributed by atoms with Crippen LogP contribution in [0.5, 0.6) is 11.5 Å². The molecule has 0 amide bonds. The summed E-state index contributed by atoms with van der Waals surface area (Å²) in [5.74, 6) is 1.61. The Morgan fingerprint density at radius 3 is 2.64 bits per heavy atom. The van der Waals surface area contributed by atoms with E-state index in [0.29, 0.717) is 12.8 Å². The van der Waals surface area contributed by atoms with E-state index >= 15 is 0 Å². The molecule has 1 saturated carbocycles. The molecule has 0 spiro atoms. The first-order valence-corrected chi connectivity index (χ1v) is 7.69. The average molecular weight is 294 g/mol. The van der Waals surface area contributed by atoms with Crippen molar-refractivity contribution in [3.05, 3.63) is 59.2 Å². The van der Waals surface area contributed by atoms with Crippen LogP contribution in [0.3, 0.4) is 0 Å². The third kappa shape index (κ3) is 2.08. The molecule has 1 heterocycles. The number of phenolic OH excluding ortho intramolecular Hbond substituents is 1. The van der Waals surface area contributed by atoms with Crippen LogP contribution in [0.15, 0.2) is 42.5 Å². The van der Waals surface area contributed by atoms with Crippen LogP contribution in [-0.4, -0.2) is 10.9 Å². The summed E-state index contributed by atoms with van der Waals surface area (Å²) in [7, 11) is 0. The second kappa shape index (κ2) is 4.87. The van der Waals surface area contributed by atoms with Crippen LogP contribution < -0.4 is 4.74 Å².